The summed E-state index contributed by atoms with van der Waals surface area (Å²) in [5, 5.41) is 2.96. The van der Waals surface area contributed by atoms with Crippen molar-refractivity contribution < 1.29 is 19.1 Å². The fourth-order valence-corrected chi connectivity index (χ4v) is 3.22. The maximum atomic E-state index is 12.4. The minimum atomic E-state index is 0.0660. The first-order chi connectivity index (χ1) is 10.7. The lowest BCUT2D eigenvalue weighted by atomic mass is 9.81. The predicted octanol–water partition coefficient (Wildman–Crippen LogP) is 0.804. The molecule has 1 saturated carbocycles. The molecule has 0 aromatic heterocycles. The molecule has 126 valence electrons. The molecule has 0 atom stereocenters. The number of carbonyl (C=O) groups excluding carboxylic acids is 2. The molecular weight excluding hydrogens is 284 g/mol. The van der Waals surface area contributed by atoms with Crippen LogP contribution in [-0.2, 0) is 19.1 Å². The minimum absolute atomic E-state index is 0.0660. The summed E-state index contributed by atoms with van der Waals surface area (Å²) in [6.45, 7) is 4.04. The van der Waals surface area contributed by atoms with E-state index in [0.29, 0.717) is 39.5 Å². The third-order valence-corrected chi connectivity index (χ3v) is 4.59. The molecule has 2 rings (SSSR count). The number of ether oxygens (including phenoxy) is 2. The van der Waals surface area contributed by atoms with Crippen LogP contribution in [0.4, 0.5) is 0 Å². The van der Waals surface area contributed by atoms with Crippen molar-refractivity contribution in [2.45, 2.75) is 32.1 Å². The molecule has 1 heterocycles. The van der Waals surface area contributed by atoms with Crippen LogP contribution < -0.4 is 5.32 Å². The summed E-state index contributed by atoms with van der Waals surface area (Å²) in [7, 11) is 1.66. The molecule has 0 spiro atoms. The summed E-state index contributed by atoms with van der Waals surface area (Å²) >= 11 is 0. The Balaban J connectivity index is 1.68. The fourth-order valence-electron chi connectivity index (χ4n) is 3.22. The molecular formula is C16H28N2O4. The van der Waals surface area contributed by atoms with Gasteiger partial charge in [-0.15, -0.1) is 0 Å². The van der Waals surface area contributed by atoms with Crippen molar-refractivity contribution in [2.24, 2.45) is 11.8 Å². The minimum Gasteiger partial charge on any atom is -0.385 e. The largest absolute Gasteiger partial charge is 0.385 e. The van der Waals surface area contributed by atoms with Gasteiger partial charge in [0.25, 0.3) is 0 Å². The van der Waals surface area contributed by atoms with E-state index in [9.17, 15) is 9.59 Å². The first kappa shape index (κ1) is 17.2. The van der Waals surface area contributed by atoms with Crippen molar-refractivity contribution in [3.8, 4) is 0 Å². The van der Waals surface area contributed by atoms with Crippen molar-refractivity contribution in [3.63, 3.8) is 0 Å². The number of hydrogen-bond acceptors (Lipinski definition) is 4. The average molecular weight is 312 g/mol. The van der Waals surface area contributed by atoms with Gasteiger partial charge in [0.05, 0.1) is 13.2 Å². The first-order valence-corrected chi connectivity index (χ1v) is 8.35. The lowest BCUT2D eigenvalue weighted by molar-refractivity contribution is -0.142. The predicted molar refractivity (Wildman–Crippen MR) is 82.3 cm³/mol. The Kier molecular flexibility index (Phi) is 7.12. The van der Waals surface area contributed by atoms with Crippen LogP contribution in [0.15, 0.2) is 0 Å². The summed E-state index contributed by atoms with van der Waals surface area (Å²) in [6, 6.07) is 0. The highest BCUT2D eigenvalue weighted by Crippen LogP contribution is 2.30. The maximum Gasteiger partial charge on any atom is 0.225 e. The fraction of sp³-hybridized carbons (Fsp3) is 0.875. The zero-order valence-electron chi connectivity index (χ0n) is 13.5. The normalized spacial score (nSPS) is 25.8. The molecule has 0 unspecified atom stereocenters. The van der Waals surface area contributed by atoms with Gasteiger partial charge in [0, 0.05) is 45.2 Å². The average Bonchev–Trinajstić information content (AvgIpc) is 2.59. The number of hydrogen-bond donors (Lipinski definition) is 1. The van der Waals surface area contributed by atoms with Crippen molar-refractivity contribution in [1.82, 2.24) is 10.2 Å². The number of rotatable bonds is 6. The summed E-state index contributed by atoms with van der Waals surface area (Å²) in [4.78, 5) is 26.4. The van der Waals surface area contributed by atoms with E-state index >= 15 is 0 Å². The van der Waals surface area contributed by atoms with E-state index in [4.69, 9.17) is 9.47 Å². The van der Waals surface area contributed by atoms with Crippen molar-refractivity contribution >= 4 is 11.8 Å². The molecule has 6 heteroatoms. The van der Waals surface area contributed by atoms with Crippen LogP contribution in [0.3, 0.4) is 0 Å². The van der Waals surface area contributed by atoms with Crippen molar-refractivity contribution in [2.75, 3.05) is 46.6 Å². The zero-order valence-corrected chi connectivity index (χ0v) is 13.5. The van der Waals surface area contributed by atoms with Gasteiger partial charge in [0.2, 0.25) is 11.8 Å². The Bertz CT molecular complexity index is 361. The monoisotopic (exact) mass is 312 g/mol. The van der Waals surface area contributed by atoms with Gasteiger partial charge in [-0.1, -0.05) is 0 Å². The molecule has 22 heavy (non-hydrogen) atoms. The number of nitrogens with zero attached hydrogens (tertiary/aromatic N) is 1. The summed E-state index contributed by atoms with van der Waals surface area (Å²) < 4.78 is 10.2. The molecule has 1 saturated heterocycles. The van der Waals surface area contributed by atoms with Gasteiger partial charge in [-0.05, 0) is 32.1 Å². The van der Waals surface area contributed by atoms with E-state index in [2.05, 4.69) is 5.32 Å². The van der Waals surface area contributed by atoms with E-state index in [-0.39, 0.29) is 23.7 Å². The van der Waals surface area contributed by atoms with Crippen LogP contribution in [0.1, 0.15) is 32.1 Å². The highest BCUT2D eigenvalue weighted by molar-refractivity contribution is 5.81. The first-order valence-electron chi connectivity index (χ1n) is 8.35. The van der Waals surface area contributed by atoms with Crippen LogP contribution in [0, 0.1) is 11.8 Å². The molecule has 1 aliphatic carbocycles. The number of amides is 2. The Morgan fingerprint density at radius 1 is 1.14 bits per heavy atom. The van der Waals surface area contributed by atoms with Gasteiger partial charge in [0.1, 0.15) is 0 Å². The van der Waals surface area contributed by atoms with Gasteiger partial charge in [-0.25, -0.2) is 0 Å². The van der Waals surface area contributed by atoms with Crippen molar-refractivity contribution in [3.05, 3.63) is 0 Å². The van der Waals surface area contributed by atoms with E-state index in [1.54, 1.807) is 7.11 Å². The Hall–Kier alpha value is -1.14. The molecule has 1 aliphatic heterocycles. The van der Waals surface area contributed by atoms with Crippen LogP contribution in [0.25, 0.3) is 0 Å². The highest BCUT2D eigenvalue weighted by Gasteiger charge is 2.32. The molecule has 0 aromatic carbocycles. The second-order valence-electron chi connectivity index (χ2n) is 6.12. The molecule has 1 N–H and O–H groups in total. The SMILES string of the molecule is COCCCNC(=O)C1CCC(C(=O)N2CCOCC2)CC1. The lowest BCUT2D eigenvalue weighted by Crippen LogP contribution is -2.45. The van der Waals surface area contributed by atoms with Gasteiger partial charge in [0.15, 0.2) is 0 Å². The molecule has 2 amide bonds. The van der Waals surface area contributed by atoms with Crippen molar-refractivity contribution in [1.29, 1.82) is 0 Å². The second kappa shape index (κ2) is 9.10. The van der Waals surface area contributed by atoms with E-state index < -0.39 is 0 Å². The number of carbonyl (C=O) groups is 2. The Morgan fingerprint density at radius 2 is 1.77 bits per heavy atom. The quantitative estimate of drug-likeness (QED) is 0.737. The van der Waals surface area contributed by atoms with E-state index in [1.807, 2.05) is 4.90 Å². The van der Waals surface area contributed by atoms with Gasteiger partial charge < -0.3 is 19.7 Å². The third kappa shape index (κ3) is 4.95. The Labute approximate surface area is 132 Å². The third-order valence-electron chi connectivity index (χ3n) is 4.59. The Morgan fingerprint density at radius 3 is 2.41 bits per heavy atom. The van der Waals surface area contributed by atoms with Gasteiger partial charge >= 0.3 is 0 Å². The molecule has 2 fully saturated rings. The molecule has 6 nitrogen and oxygen atoms in total. The van der Waals surface area contributed by atoms with Crippen LogP contribution in [0.2, 0.25) is 0 Å². The van der Waals surface area contributed by atoms with Gasteiger partial charge in [-0.3, -0.25) is 9.59 Å². The molecule has 0 bridgehead atoms. The van der Waals surface area contributed by atoms with Crippen LogP contribution in [0.5, 0.6) is 0 Å². The topological polar surface area (TPSA) is 67.9 Å². The molecule has 0 radical (unpaired) electrons. The molecule has 2 aliphatic rings. The smallest absolute Gasteiger partial charge is 0.225 e. The number of nitrogens with one attached hydrogen (secondary N) is 1. The maximum absolute atomic E-state index is 12.4. The summed E-state index contributed by atoms with van der Waals surface area (Å²) in [5.74, 6) is 0.544. The standard InChI is InChI=1S/C16H28N2O4/c1-21-10-2-7-17-15(19)13-3-5-14(6-4-13)16(20)18-8-11-22-12-9-18/h13-14H,2-12H2,1H3,(H,17,19). The van der Waals surface area contributed by atoms with E-state index in [0.717, 1.165) is 32.1 Å². The summed E-state index contributed by atoms with van der Waals surface area (Å²) in [5.41, 5.74) is 0. The van der Waals surface area contributed by atoms with Crippen LogP contribution in [-0.4, -0.2) is 63.3 Å². The zero-order chi connectivity index (χ0) is 15.8. The highest BCUT2D eigenvalue weighted by atomic mass is 16.5. The number of methoxy groups -OCH3 is 1. The molecule has 0 aromatic rings. The van der Waals surface area contributed by atoms with Gasteiger partial charge in [-0.2, -0.15) is 0 Å². The van der Waals surface area contributed by atoms with Crippen LogP contribution >= 0.6 is 0 Å². The summed E-state index contributed by atoms with van der Waals surface area (Å²) in [6.07, 6.45) is 4.12. The lowest BCUT2D eigenvalue weighted by Gasteiger charge is -2.33. The van der Waals surface area contributed by atoms with E-state index in [1.165, 1.54) is 0 Å². The number of morpholine rings is 1. The second-order valence-corrected chi connectivity index (χ2v) is 6.12.